The van der Waals surface area contributed by atoms with Gasteiger partial charge in [0.05, 0.1) is 11.7 Å². The number of nitrogens with zero attached hydrogens (tertiary/aromatic N) is 3. The van der Waals surface area contributed by atoms with Crippen LogP contribution in [0.1, 0.15) is 51.5 Å². The second-order valence-electron chi connectivity index (χ2n) is 8.44. The van der Waals surface area contributed by atoms with E-state index in [2.05, 4.69) is 51.7 Å². The molecule has 0 saturated carbocycles. The first-order valence-electron chi connectivity index (χ1n) is 12.0. The van der Waals surface area contributed by atoms with E-state index in [4.69, 9.17) is 0 Å². The number of aromatic nitrogens is 2. The average molecular weight is 470 g/mol. The number of carbonyl (C=O) groups excluding carboxylic acids is 2. The maximum atomic E-state index is 12.3. The Morgan fingerprint density at radius 1 is 1.09 bits per heavy atom. The number of carbonyl (C=O) groups is 2. The molecule has 0 aliphatic carbocycles. The summed E-state index contributed by atoms with van der Waals surface area (Å²) >= 11 is 1.36. The largest absolute Gasteiger partial charge is 0.356 e. The molecule has 1 saturated heterocycles. The first-order chi connectivity index (χ1) is 16.1. The van der Waals surface area contributed by atoms with Crippen LogP contribution in [0.2, 0.25) is 0 Å². The number of rotatable bonds is 11. The Labute approximate surface area is 201 Å². The number of piperidine rings is 1. The highest BCUT2D eigenvalue weighted by atomic mass is 32.2. The molecule has 1 fully saturated rings. The van der Waals surface area contributed by atoms with Crippen molar-refractivity contribution < 1.29 is 9.59 Å². The number of hydrogen-bond donors (Lipinski definition) is 2. The van der Waals surface area contributed by atoms with Crippen molar-refractivity contribution in [3.63, 3.8) is 0 Å². The van der Waals surface area contributed by atoms with Gasteiger partial charge in [-0.3, -0.25) is 9.59 Å². The van der Waals surface area contributed by atoms with Crippen LogP contribution in [-0.2, 0) is 16.0 Å². The highest BCUT2D eigenvalue weighted by Crippen LogP contribution is 2.23. The molecule has 7 nitrogen and oxygen atoms in total. The maximum Gasteiger partial charge on any atom is 0.234 e. The lowest BCUT2D eigenvalue weighted by atomic mass is 9.97. The maximum absolute atomic E-state index is 12.3. The number of benzene rings is 1. The Morgan fingerprint density at radius 2 is 1.91 bits per heavy atom. The number of hydrogen-bond acceptors (Lipinski definition) is 6. The van der Waals surface area contributed by atoms with Crippen LogP contribution >= 0.6 is 11.8 Å². The summed E-state index contributed by atoms with van der Waals surface area (Å²) in [4.78, 5) is 26.7. The molecule has 8 heteroatoms. The predicted molar refractivity (Wildman–Crippen MR) is 135 cm³/mol. The van der Waals surface area contributed by atoms with Gasteiger partial charge in [0, 0.05) is 25.3 Å². The molecule has 1 aromatic carbocycles. The topological polar surface area (TPSA) is 87.2 Å². The van der Waals surface area contributed by atoms with Gasteiger partial charge in [-0.05, 0) is 61.9 Å². The Bertz CT molecular complexity index is 889. The zero-order chi connectivity index (χ0) is 23.5. The van der Waals surface area contributed by atoms with E-state index >= 15 is 0 Å². The fraction of sp³-hybridized carbons (Fsp3) is 0.520. The molecule has 2 N–H and O–H groups in total. The lowest BCUT2D eigenvalue weighted by Crippen LogP contribution is -2.43. The third kappa shape index (κ3) is 8.03. The number of amides is 2. The molecule has 3 rings (SSSR count). The Balaban J connectivity index is 1.45. The van der Waals surface area contributed by atoms with Crippen molar-refractivity contribution in [1.29, 1.82) is 0 Å². The second-order valence-corrected chi connectivity index (χ2v) is 9.44. The molecular weight excluding hydrogens is 434 g/mol. The van der Waals surface area contributed by atoms with Crippen LogP contribution in [0.3, 0.4) is 0 Å². The normalized spacial score (nSPS) is 15.8. The first-order valence-corrected chi connectivity index (χ1v) is 13.0. The third-order valence-electron chi connectivity index (χ3n) is 5.70. The van der Waals surface area contributed by atoms with Gasteiger partial charge in [0.25, 0.3) is 0 Å². The van der Waals surface area contributed by atoms with Crippen LogP contribution in [0.25, 0.3) is 0 Å². The van der Waals surface area contributed by atoms with E-state index in [1.807, 2.05) is 24.3 Å². The fourth-order valence-corrected chi connectivity index (χ4v) is 4.44. The highest BCUT2D eigenvalue weighted by Gasteiger charge is 2.26. The molecule has 0 radical (unpaired) electrons. The summed E-state index contributed by atoms with van der Waals surface area (Å²) in [7, 11) is 0. The van der Waals surface area contributed by atoms with Crippen LogP contribution < -0.4 is 15.5 Å². The van der Waals surface area contributed by atoms with Crippen molar-refractivity contribution in [3.05, 3.63) is 42.0 Å². The number of anilines is 2. The lowest BCUT2D eigenvalue weighted by Gasteiger charge is -2.32. The van der Waals surface area contributed by atoms with E-state index in [9.17, 15) is 9.59 Å². The van der Waals surface area contributed by atoms with Crippen molar-refractivity contribution >= 4 is 35.1 Å². The molecule has 0 spiro atoms. The van der Waals surface area contributed by atoms with E-state index in [0.717, 1.165) is 50.3 Å². The van der Waals surface area contributed by atoms with Crippen molar-refractivity contribution in [2.45, 2.75) is 57.4 Å². The molecule has 1 aliphatic rings. The second kappa shape index (κ2) is 13.2. The SMILES string of the molecule is CCCCc1ccc(NC(=O)CSc2ccc(N3CCC[C@H](C(=O)NCCC)C3)nn2)cc1. The molecule has 2 heterocycles. The molecule has 33 heavy (non-hydrogen) atoms. The van der Waals surface area contributed by atoms with Crippen LogP contribution in [0.5, 0.6) is 0 Å². The van der Waals surface area contributed by atoms with Crippen molar-refractivity contribution in [2.24, 2.45) is 5.92 Å². The van der Waals surface area contributed by atoms with E-state index in [1.165, 1.54) is 30.2 Å². The molecule has 1 atom stereocenters. The minimum Gasteiger partial charge on any atom is -0.356 e. The summed E-state index contributed by atoms with van der Waals surface area (Å²) < 4.78 is 0. The van der Waals surface area contributed by atoms with E-state index in [-0.39, 0.29) is 23.5 Å². The van der Waals surface area contributed by atoms with Gasteiger partial charge < -0.3 is 15.5 Å². The zero-order valence-corrected chi connectivity index (χ0v) is 20.5. The number of thioether (sulfide) groups is 1. The fourth-order valence-electron chi connectivity index (χ4n) is 3.82. The predicted octanol–water partition coefficient (Wildman–Crippen LogP) is 4.29. The van der Waals surface area contributed by atoms with Gasteiger partial charge in [-0.15, -0.1) is 10.2 Å². The molecule has 0 unspecified atom stereocenters. The van der Waals surface area contributed by atoms with Crippen LogP contribution in [0.15, 0.2) is 41.4 Å². The van der Waals surface area contributed by atoms with Gasteiger partial charge in [-0.1, -0.05) is 44.2 Å². The smallest absolute Gasteiger partial charge is 0.234 e. The first kappa shape index (κ1) is 25.0. The van der Waals surface area contributed by atoms with Crippen LogP contribution in [-0.4, -0.2) is 47.4 Å². The van der Waals surface area contributed by atoms with Gasteiger partial charge in [-0.2, -0.15) is 0 Å². The average Bonchev–Trinajstić information content (AvgIpc) is 2.86. The zero-order valence-electron chi connectivity index (χ0n) is 19.7. The molecular formula is C25H35N5O2S. The molecule has 178 valence electrons. The quantitative estimate of drug-likeness (QED) is 0.477. The molecule has 1 aromatic heterocycles. The highest BCUT2D eigenvalue weighted by molar-refractivity contribution is 7.99. The van der Waals surface area contributed by atoms with Crippen molar-refractivity contribution in [3.8, 4) is 0 Å². The Hall–Kier alpha value is -2.61. The molecule has 2 aromatic rings. The van der Waals surface area contributed by atoms with Crippen LogP contribution in [0, 0.1) is 5.92 Å². The monoisotopic (exact) mass is 469 g/mol. The Morgan fingerprint density at radius 3 is 2.61 bits per heavy atom. The third-order valence-corrected chi connectivity index (χ3v) is 6.62. The standard InChI is InChI=1S/C25H35N5O2S/c1-3-5-7-19-9-11-21(12-10-19)27-23(31)18-33-24-14-13-22(28-29-24)30-16-6-8-20(17-30)25(32)26-15-4-2/h9-14,20H,3-8,15-18H2,1-2H3,(H,26,32)(H,27,31)/t20-/m0/s1. The number of unbranched alkanes of at least 4 members (excludes halogenated alkanes) is 1. The van der Waals surface area contributed by atoms with Gasteiger partial charge in [0.1, 0.15) is 5.03 Å². The Kier molecular flexibility index (Phi) is 10.00. The lowest BCUT2D eigenvalue weighted by molar-refractivity contribution is -0.125. The van der Waals surface area contributed by atoms with E-state index in [1.54, 1.807) is 0 Å². The summed E-state index contributed by atoms with van der Waals surface area (Å²) in [5.41, 5.74) is 2.10. The number of aryl methyl sites for hydroxylation is 1. The molecule has 1 aliphatic heterocycles. The summed E-state index contributed by atoms with van der Waals surface area (Å²) in [6.45, 7) is 6.49. The van der Waals surface area contributed by atoms with Gasteiger partial charge in [-0.25, -0.2) is 0 Å². The minimum atomic E-state index is -0.0656. The van der Waals surface area contributed by atoms with E-state index < -0.39 is 0 Å². The van der Waals surface area contributed by atoms with Gasteiger partial charge in [0.2, 0.25) is 11.8 Å². The van der Waals surface area contributed by atoms with E-state index in [0.29, 0.717) is 11.6 Å². The van der Waals surface area contributed by atoms with Crippen molar-refractivity contribution in [1.82, 2.24) is 15.5 Å². The van der Waals surface area contributed by atoms with Crippen LogP contribution in [0.4, 0.5) is 11.5 Å². The van der Waals surface area contributed by atoms with Gasteiger partial charge >= 0.3 is 0 Å². The summed E-state index contributed by atoms with van der Waals surface area (Å²) in [5.74, 6) is 1.10. The minimum absolute atomic E-state index is 0.00874. The summed E-state index contributed by atoms with van der Waals surface area (Å²) in [6.07, 6.45) is 6.23. The van der Waals surface area contributed by atoms with Gasteiger partial charge in [0.15, 0.2) is 5.82 Å². The molecule has 2 amide bonds. The van der Waals surface area contributed by atoms with Crippen molar-refractivity contribution in [2.75, 3.05) is 35.6 Å². The summed E-state index contributed by atoms with van der Waals surface area (Å²) in [5, 5.41) is 15.3. The summed E-state index contributed by atoms with van der Waals surface area (Å²) in [6, 6.07) is 11.9. The molecule has 0 bridgehead atoms. The number of nitrogens with one attached hydrogen (secondary N) is 2.